The van der Waals surface area contributed by atoms with E-state index in [1.54, 1.807) is 0 Å². The van der Waals surface area contributed by atoms with Gasteiger partial charge in [-0.25, -0.2) is 0 Å². The fourth-order valence-corrected chi connectivity index (χ4v) is 3.25. The minimum atomic E-state index is 0.392. The Morgan fingerprint density at radius 3 is 2.89 bits per heavy atom. The SMILES string of the molecule is CCCN1CCC(CNC)C1c1ccccc1C#N. The van der Waals surface area contributed by atoms with Gasteiger partial charge in [-0.05, 0) is 57.1 Å². The summed E-state index contributed by atoms with van der Waals surface area (Å²) in [4.78, 5) is 2.54. The zero-order valence-electron chi connectivity index (χ0n) is 11.9. The molecule has 0 radical (unpaired) electrons. The number of benzene rings is 1. The van der Waals surface area contributed by atoms with Crippen molar-refractivity contribution in [2.45, 2.75) is 25.8 Å². The van der Waals surface area contributed by atoms with E-state index in [0.29, 0.717) is 12.0 Å². The summed E-state index contributed by atoms with van der Waals surface area (Å²) < 4.78 is 0. The van der Waals surface area contributed by atoms with Crippen molar-refractivity contribution in [1.29, 1.82) is 5.26 Å². The van der Waals surface area contributed by atoms with Crippen LogP contribution in [0.3, 0.4) is 0 Å². The standard InChI is InChI=1S/C16H23N3/c1-3-9-19-10-8-14(12-18-2)16(19)15-7-5-4-6-13(15)11-17/h4-7,14,16,18H,3,8-10,12H2,1-2H3. The van der Waals surface area contributed by atoms with Crippen LogP contribution in [0.15, 0.2) is 24.3 Å². The Kier molecular flexibility index (Phi) is 4.95. The molecule has 1 fully saturated rings. The molecule has 102 valence electrons. The molecule has 2 unspecified atom stereocenters. The predicted molar refractivity (Wildman–Crippen MR) is 77.8 cm³/mol. The van der Waals surface area contributed by atoms with Gasteiger partial charge in [-0.15, -0.1) is 0 Å². The first kappa shape index (κ1) is 14.0. The second-order valence-corrected chi connectivity index (χ2v) is 5.29. The summed E-state index contributed by atoms with van der Waals surface area (Å²) in [7, 11) is 2.01. The molecule has 3 heteroatoms. The Morgan fingerprint density at radius 1 is 1.42 bits per heavy atom. The molecular weight excluding hydrogens is 234 g/mol. The lowest BCUT2D eigenvalue weighted by Crippen LogP contribution is -2.30. The molecule has 2 atom stereocenters. The summed E-state index contributed by atoms with van der Waals surface area (Å²) in [5, 5.41) is 12.6. The molecule has 3 nitrogen and oxygen atoms in total. The van der Waals surface area contributed by atoms with Crippen LogP contribution in [0, 0.1) is 17.2 Å². The summed E-state index contributed by atoms with van der Waals surface area (Å²) in [5.74, 6) is 0.603. The summed E-state index contributed by atoms with van der Waals surface area (Å²) in [6.07, 6.45) is 2.38. The quantitative estimate of drug-likeness (QED) is 0.881. The summed E-state index contributed by atoms with van der Waals surface area (Å²) in [6.45, 7) is 5.50. The van der Waals surface area contributed by atoms with E-state index in [1.165, 1.54) is 12.0 Å². The number of rotatable bonds is 5. The maximum absolute atomic E-state index is 9.33. The maximum Gasteiger partial charge on any atom is 0.0995 e. The molecule has 1 N–H and O–H groups in total. The molecule has 1 aliphatic rings. The van der Waals surface area contributed by atoms with Crippen LogP contribution in [-0.4, -0.2) is 31.6 Å². The van der Waals surface area contributed by atoms with E-state index < -0.39 is 0 Å². The predicted octanol–water partition coefficient (Wildman–Crippen LogP) is 2.55. The molecule has 0 spiro atoms. The van der Waals surface area contributed by atoms with Crippen LogP contribution < -0.4 is 5.32 Å². The second kappa shape index (κ2) is 6.70. The molecule has 19 heavy (non-hydrogen) atoms. The highest BCUT2D eigenvalue weighted by Gasteiger charge is 2.35. The maximum atomic E-state index is 9.33. The van der Waals surface area contributed by atoms with E-state index >= 15 is 0 Å². The zero-order valence-corrected chi connectivity index (χ0v) is 11.9. The van der Waals surface area contributed by atoms with Crippen LogP contribution in [-0.2, 0) is 0 Å². The Labute approximate surface area is 116 Å². The van der Waals surface area contributed by atoms with Gasteiger partial charge in [-0.1, -0.05) is 25.1 Å². The van der Waals surface area contributed by atoms with Gasteiger partial charge in [-0.3, -0.25) is 4.90 Å². The Hall–Kier alpha value is -1.37. The van der Waals surface area contributed by atoms with Crippen LogP contribution in [0.5, 0.6) is 0 Å². The van der Waals surface area contributed by atoms with Crippen molar-refractivity contribution in [1.82, 2.24) is 10.2 Å². The number of nitriles is 1. The van der Waals surface area contributed by atoms with Gasteiger partial charge >= 0.3 is 0 Å². The second-order valence-electron chi connectivity index (χ2n) is 5.29. The molecule has 0 amide bonds. The monoisotopic (exact) mass is 257 g/mol. The lowest BCUT2D eigenvalue weighted by atomic mass is 9.90. The Balaban J connectivity index is 2.32. The summed E-state index contributed by atoms with van der Waals surface area (Å²) in [6, 6.07) is 10.8. The number of hydrogen-bond acceptors (Lipinski definition) is 3. The molecule has 0 saturated carbocycles. The highest BCUT2D eigenvalue weighted by molar-refractivity contribution is 5.40. The third kappa shape index (κ3) is 2.97. The largest absolute Gasteiger partial charge is 0.319 e. The number of nitrogens with zero attached hydrogens (tertiary/aromatic N) is 2. The zero-order chi connectivity index (χ0) is 13.7. The van der Waals surface area contributed by atoms with Gasteiger partial charge in [0.1, 0.15) is 0 Å². The van der Waals surface area contributed by atoms with Crippen LogP contribution in [0.25, 0.3) is 0 Å². The molecule has 1 heterocycles. The molecule has 1 aromatic carbocycles. The van der Waals surface area contributed by atoms with Crippen LogP contribution >= 0.6 is 0 Å². The van der Waals surface area contributed by atoms with Gasteiger partial charge in [0, 0.05) is 6.04 Å². The van der Waals surface area contributed by atoms with E-state index in [2.05, 4.69) is 35.3 Å². The summed E-state index contributed by atoms with van der Waals surface area (Å²) >= 11 is 0. The number of nitrogens with one attached hydrogen (secondary N) is 1. The molecular formula is C16H23N3. The van der Waals surface area contributed by atoms with E-state index in [-0.39, 0.29) is 0 Å². The van der Waals surface area contributed by atoms with Crippen molar-refractivity contribution in [2.24, 2.45) is 5.92 Å². The third-order valence-electron chi connectivity index (χ3n) is 4.00. The van der Waals surface area contributed by atoms with Crippen LogP contribution in [0.2, 0.25) is 0 Å². The topological polar surface area (TPSA) is 39.1 Å². The molecule has 1 aromatic rings. The van der Waals surface area contributed by atoms with Crippen LogP contribution in [0.1, 0.15) is 36.9 Å². The molecule has 1 saturated heterocycles. The fraction of sp³-hybridized carbons (Fsp3) is 0.562. The van der Waals surface area contributed by atoms with Gasteiger partial charge < -0.3 is 5.32 Å². The van der Waals surface area contributed by atoms with E-state index in [4.69, 9.17) is 0 Å². The minimum absolute atomic E-state index is 0.392. The summed E-state index contributed by atoms with van der Waals surface area (Å²) in [5.41, 5.74) is 2.04. The number of hydrogen-bond donors (Lipinski definition) is 1. The van der Waals surface area contributed by atoms with E-state index in [0.717, 1.165) is 31.6 Å². The lowest BCUT2D eigenvalue weighted by Gasteiger charge is -2.29. The van der Waals surface area contributed by atoms with E-state index in [9.17, 15) is 5.26 Å². The minimum Gasteiger partial charge on any atom is -0.319 e. The fourth-order valence-electron chi connectivity index (χ4n) is 3.25. The molecule has 0 aliphatic carbocycles. The lowest BCUT2D eigenvalue weighted by molar-refractivity contribution is 0.227. The first-order valence-corrected chi connectivity index (χ1v) is 7.19. The van der Waals surface area contributed by atoms with Gasteiger partial charge in [0.15, 0.2) is 0 Å². The van der Waals surface area contributed by atoms with Crippen molar-refractivity contribution >= 4 is 0 Å². The molecule has 1 aliphatic heterocycles. The van der Waals surface area contributed by atoms with Gasteiger partial charge in [0.25, 0.3) is 0 Å². The average molecular weight is 257 g/mol. The van der Waals surface area contributed by atoms with Crippen molar-refractivity contribution in [2.75, 3.05) is 26.7 Å². The first-order valence-electron chi connectivity index (χ1n) is 7.19. The molecule has 2 rings (SSSR count). The molecule has 0 bridgehead atoms. The Bertz CT molecular complexity index is 436. The normalized spacial score (nSPS) is 23.4. The highest BCUT2D eigenvalue weighted by atomic mass is 15.2. The highest BCUT2D eigenvalue weighted by Crippen LogP contribution is 2.38. The van der Waals surface area contributed by atoms with Crippen molar-refractivity contribution in [3.63, 3.8) is 0 Å². The van der Waals surface area contributed by atoms with Gasteiger partial charge in [-0.2, -0.15) is 5.26 Å². The van der Waals surface area contributed by atoms with Crippen LogP contribution in [0.4, 0.5) is 0 Å². The van der Waals surface area contributed by atoms with Crippen molar-refractivity contribution in [3.05, 3.63) is 35.4 Å². The first-order chi connectivity index (χ1) is 9.31. The molecule has 0 aromatic heterocycles. The average Bonchev–Trinajstić information content (AvgIpc) is 2.82. The smallest absolute Gasteiger partial charge is 0.0995 e. The van der Waals surface area contributed by atoms with Crippen molar-refractivity contribution < 1.29 is 0 Å². The third-order valence-corrected chi connectivity index (χ3v) is 4.00. The van der Waals surface area contributed by atoms with Gasteiger partial charge in [0.05, 0.1) is 11.6 Å². The van der Waals surface area contributed by atoms with Crippen molar-refractivity contribution in [3.8, 4) is 6.07 Å². The number of likely N-dealkylation sites (tertiary alicyclic amines) is 1. The van der Waals surface area contributed by atoms with E-state index in [1.807, 2.05) is 19.2 Å². The van der Waals surface area contributed by atoms with Gasteiger partial charge in [0.2, 0.25) is 0 Å². The Morgan fingerprint density at radius 2 is 2.21 bits per heavy atom.